The molecule has 10 aromatic carbocycles. The van der Waals surface area contributed by atoms with Crippen LogP contribution in [-0.4, -0.2) is 23.0 Å². The number of hydrogen-bond donors (Lipinski definition) is 0. The highest BCUT2D eigenvalue weighted by atomic mass is 32.2. The highest BCUT2D eigenvalue weighted by Crippen LogP contribution is 2.62. The van der Waals surface area contributed by atoms with Crippen LogP contribution in [0.4, 0.5) is 34.1 Å². The Hall–Kier alpha value is -9.37. The van der Waals surface area contributed by atoms with Gasteiger partial charge in [-0.3, -0.25) is 4.57 Å². The quantitative estimate of drug-likeness (QED) is 0.171. The van der Waals surface area contributed by atoms with Crippen molar-refractivity contribution < 1.29 is 8.42 Å². The van der Waals surface area contributed by atoms with E-state index >= 15 is 8.42 Å². The molecule has 0 saturated carbocycles. The molecule has 0 unspecified atom stereocenters. The minimum Gasteiger partial charge on any atom is -0.306 e. The first kappa shape index (κ1) is 41.4. The van der Waals surface area contributed by atoms with Crippen LogP contribution in [0.5, 0.6) is 0 Å². The molecule has 0 fully saturated rings. The first-order valence-electron chi connectivity index (χ1n) is 24.5. The van der Waals surface area contributed by atoms with Crippen LogP contribution in [0.3, 0.4) is 0 Å². The van der Waals surface area contributed by atoms with Crippen molar-refractivity contribution in [1.29, 1.82) is 0 Å². The van der Waals surface area contributed by atoms with Gasteiger partial charge < -0.3 is 9.80 Å². The van der Waals surface area contributed by atoms with E-state index < -0.39 is 15.3 Å². The van der Waals surface area contributed by atoms with E-state index in [1.807, 2.05) is 48.5 Å². The first-order valence-corrected chi connectivity index (χ1v) is 26.0. The predicted octanol–water partition coefficient (Wildman–Crippen LogP) is 15.7. The Morgan fingerprint density at radius 1 is 0.384 bits per heavy atom. The molecule has 2 aromatic heterocycles. The van der Waals surface area contributed by atoms with E-state index in [9.17, 15) is 0 Å². The lowest BCUT2D eigenvalue weighted by molar-refractivity contribution is 0.580. The van der Waals surface area contributed by atoms with Gasteiger partial charge in [-0.15, -0.1) is 0 Å². The second-order valence-corrected chi connectivity index (χ2v) is 20.8. The zero-order valence-corrected chi connectivity index (χ0v) is 39.9. The van der Waals surface area contributed by atoms with Gasteiger partial charge in [-0.2, -0.15) is 0 Å². The molecule has 0 atom stereocenters. The third-order valence-electron chi connectivity index (χ3n) is 15.1. The lowest BCUT2D eigenvalue weighted by Gasteiger charge is -2.40. The molecule has 15 rings (SSSR count). The molecule has 8 heteroatoms. The molecule has 0 N–H and O–H groups in total. The Labute approximate surface area is 422 Å². The summed E-state index contributed by atoms with van der Waals surface area (Å²) >= 11 is 0. The maximum absolute atomic E-state index is 15.0. The van der Waals surface area contributed by atoms with Crippen LogP contribution in [0, 0.1) is 0 Å². The van der Waals surface area contributed by atoms with Crippen molar-refractivity contribution in [2.45, 2.75) is 15.2 Å². The summed E-state index contributed by atoms with van der Waals surface area (Å²) in [5.74, 6) is 0.482. The van der Waals surface area contributed by atoms with E-state index in [1.54, 1.807) is 12.1 Å². The molecule has 344 valence electrons. The molecule has 7 nitrogen and oxygen atoms in total. The van der Waals surface area contributed by atoms with Gasteiger partial charge in [0.25, 0.3) is 0 Å². The number of aromatic nitrogens is 3. The number of benzene rings is 10. The Morgan fingerprint density at radius 2 is 0.918 bits per heavy atom. The number of para-hydroxylation sites is 5. The van der Waals surface area contributed by atoms with Crippen LogP contribution in [0.1, 0.15) is 22.3 Å². The van der Waals surface area contributed by atoms with Crippen LogP contribution < -0.4 is 9.80 Å². The Kier molecular flexibility index (Phi) is 8.83. The summed E-state index contributed by atoms with van der Waals surface area (Å²) in [6.07, 6.45) is 0. The predicted molar refractivity (Wildman–Crippen MR) is 293 cm³/mol. The zero-order chi connectivity index (χ0) is 48.4. The Balaban J connectivity index is 1.04. The lowest BCUT2D eigenvalue weighted by Crippen LogP contribution is -2.36. The maximum Gasteiger partial charge on any atom is 0.235 e. The highest BCUT2D eigenvalue weighted by Gasteiger charge is 2.53. The summed E-state index contributed by atoms with van der Waals surface area (Å²) in [5.41, 5.74) is 15.9. The first-order chi connectivity index (χ1) is 36.0. The number of nitrogens with zero attached hydrogens (tertiary/aromatic N) is 5. The molecule has 0 radical (unpaired) electrons. The fraction of sp³-hybridized carbons (Fsp3) is 0.0154. The molecule has 2 aliphatic heterocycles. The smallest absolute Gasteiger partial charge is 0.235 e. The largest absolute Gasteiger partial charge is 0.306 e. The van der Waals surface area contributed by atoms with Crippen LogP contribution in [-0.2, 0) is 15.3 Å². The summed E-state index contributed by atoms with van der Waals surface area (Å²) in [7, 11) is -3.94. The molecule has 3 aliphatic rings. The Morgan fingerprint density at radius 3 is 1.62 bits per heavy atom. The zero-order valence-electron chi connectivity index (χ0n) is 39.1. The monoisotopic (exact) mass is 955 g/mol. The molecule has 12 aromatic rings. The number of hydrogen-bond acceptors (Lipinski definition) is 6. The van der Waals surface area contributed by atoms with Gasteiger partial charge in [0, 0.05) is 33.3 Å². The molecule has 1 aliphatic carbocycles. The third-order valence-corrected chi connectivity index (χ3v) is 17.0. The van der Waals surface area contributed by atoms with Gasteiger partial charge in [-0.25, -0.2) is 18.4 Å². The van der Waals surface area contributed by atoms with Gasteiger partial charge >= 0.3 is 0 Å². The molecular weight excluding hydrogens is 915 g/mol. The van der Waals surface area contributed by atoms with Gasteiger partial charge in [0.05, 0.1) is 60.4 Å². The average Bonchev–Trinajstić information content (AvgIpc) is 3.96. The van der Waals surface area contributed by atoms with Crippen molar-refractivity contribution in [2.75, 3.05) is 9.80 Å². The van der Waals surface area contributed by atoms with E-state index in [-0.39, 0.29) is 4.90 Å². The van der Waals surface area contributed by atoms with Gasteiger partial charge in [0.1, 0.15) is 0 Å². The lowest BCUT2D eigenvalue weighted by atomic mass is 9.67. The summed E-state index contributed by atoms with van der Waals surface area (Å²) in [6.45, 7) is 0. The summed E-state index contributed by atoms with van der Waals surface area (Å²) in [4.78, 5) is 16.5. The van der Waals surface area contributed by atoms with E-state index in [4.69, 9.17) is 9.97 Å². The molecule has 0 bridgehead atoms. The number of sulfone groups is 1. The highest BCUT2D eigenvalue weighted by molar-refractivity contribution is 7.91. The fourth-order valence-electron chi connectivity index (χ4n) is 12.2. The van der Waals surface area contributed by atoms with Crippen LogP contribution in [0.15, 0.2) is 259 Å². The van der Waals surface area contributed by atoms with E-state index in [2.05, 4.69) is 202 Å². The van der Waals surface area contributed by atoms with E-state index in [0.29, 0.717) is 22.1 Å². The van der Waals surface area contributed by atoms with Gasteiger partial charge in [-0.05, 0) is 112 Å². The second kappa shape index (κ2) is 15.6. The SMILES string of the molecule is O=S1(=O)c2ccccc2C2(c3ccccc3-c3ccccc32)c2cc(-c3cc(-c4ccccc4)nc(-n4c5ccccc5c5ccc6c(c54)N(c4ccccc4)c4ccccc4N6c4ccccc4)n3)ccc21. The van der Waals surface area contributed by atoms with Crippen molar-refractivity contribution in [1.82, 2.24) is 14.5 Å². The van der Waals surface area contributed by atoms with Crippen LogP contribution in [0.25, 0.3) is 61.4 Å². The van der Waals surface area contributed by atoms with Crippen molar-refractivity contribution in [3.8, 4) is 39.6 Å². The van der Waals surface area contributed by atoms with Crippen LogP contribution in [0.2, 0.25) is 0 Å². The third kappa shape index (κ3) is 5.78. The van der Waals surface area contributed by atoms with Gasteiger partial charge in [0.2, 0.25) is 15.8 Å². The fourth-order valence-corrected chi connectivity index (χ4v) is 13.9. The molecule has 1 spiro atoms. The molecular formula is C65H41N5O2S. The van der Waals surface area contributed by atoms with Gasteiger partial charge in [-0.1, -0.05) is 170 Å². The molecule has 4 heterocycles. The average molecular weight is 956 g/mol. The number of fused-ring (bicyclic) bond motifs is 15. The number of anilines is 6. The van der Waals surface area contributed by atoms with Crippen LogP contribution >= 0.6 is 0 Å². The molecule has 0 saturated heterocycles. The minimum absolute atomic E-state index is 0.289. The van der Waals surface area contributed by atoms with Gasteiger partial charge in [0.15, 0.2) is 0 Å². The standard InChI is InChI=1S/C65H41N5O2S/c71-73(72)60-35-19-15-31-52(60)65(50-29-13-10-26-46(50)47-27-11-14-30-51(47)65)53-40-43(36-39-61(53)73)55-41-54(42-20-4-1-5-21-42)66-64(67-55)70-56-32-16-12-28-48(56)49-37-38-59-63(62(49)70)69(45-24-8-3-9-25-45)58-34-18-17-33-57(58)68(59)44-22-6-2-7-23-44/h1-41H. The molecule has 0 amide bonds. The maximum atomic E-state index is 15.0. The number of rotatable bonds is 5. The van der Waals surface area contributed by atoms with E-state index in [0.717, 1.165) is 101 Å². The topological polar surface area (TPSA) is 71.3 Å². The minimum atomic E-state index is -3.94. The normalized spacial score (nSPS) is 14.3. The van der Waals surface area contributed by atoms with Crippen molar-refractivity contribution in [3.05, 3.63) is 271 Å². The summed E-state index contributed by atoms with van der Waals surface area (Å²) < 4.78 is 32.2. The summed E-state index contributed by atoms with van der Waals surface area (Å²) in [5, 5.41) is 2.11. The summed E-state index contributed by atoms with van der Waals surface area (Å²) in [6, 6.07) is 85.2. The van der Waals surface area contributed by atoms with Crippen molar-refractivity contribution in [2.24, 2.45) is 0 Å². The molecule has 73 heavy (non-hydrogen) atoms. The van der Waals surface area contributed by atoms with Crippen molar-refractivity contribution in [3.63, 3.8) is 0 Å². The van der Waals surface area contributed by atoms with E-state index in [1.165, 1.54) is 0 Å². The second-order valence-electron chi connectivity index (χ2n) is 18.9. The van der Waals surface area contributed by atoms with Crippen molar-refractivity contribution >= 4 is 65.8 Å². The Bertz CT molecular complexity index is 4320.